The third-order valence-corrected chi connectivity index (χ3v) is 3.42. The van der Waals surface area contributed by atoms with Gasteiger partial charge < -0.3 is 0 Å². The van der Waals surface area contributed by atoms with Gasteiger partial charge in [0.25, 0.3) is 0 Å². The predicted octanol–water partition coefficient (Wildman–Crippen LogP) is 4.45. The zero-order valence-corrected chi connectivity index (χ0v) is 13.0. The first-order valence-corrected chi connectivity index (χ1v) is 7.10. The first-order valence-electron chi connectivity index (χ1n) is 5.51. The molecule has 19 heavy (non-hydrogen) atoms. The van der Waals surface area contributed by atoms with Crippen molar-refractivity contribution in [2.75, 3.05) is 5.43 Å². The molecule has 0 aliphatic rings. The third kappa shape index (κ3) is 4.01. The van der Waals surface area contributed by atoms with Crippen molar-refractivity contribution in [3.8, 4) is 0 Å². The van der Waals surface area contributed by atoms with Crippen LogP contribution >= 0.6 is 31.9 Å². The lowest BCUT2D eigenvalue weighted by molar-refractivity contribution is 0.106. The van der Waals surface area contributed by atoms with Crippen LogP contribution in [0.25, 0.3) is 0 Å². The second kappa shape index (κ2) is 6.63. The lowest BCUT2D eigenvalue weighted by Crippen LogP contribution is -2.09. The number of carbonyl (C=O) groups is 1. The van der Waals surface area contributed by atoms with Gasteiger partial charge in [0, 0.05) is 10.0 Å². The Hall–Kier alpha value is -1.46. The largest absolute Gasteiger partial charge is 0.286 e. The van der Waals surface area contributed by atoms with E-state index in [1.165, 1.54) is 0 Å². The minimum absolute atomic E-state index is 0.162. The quantitative estimate of drug-likeness (QED) is 0.482. The van der Waals surface area contributed by atoms with Crippen molar-refractivity contribution in [2.45, 2.75) is 0 Å². The molecule has 0 unspecified atom stereocenters. The Kier molecular flexibility index (Phi) is 4.87. The molecule has 0 aliphatic heterocycles. The molecule has 0 saturated heterocycles. The van der Waals surface area contributed by atoms with Gasteiger partial charge in [0.1, 0.15) is 0 Å². The highest BCUT2D eigenvalue weighted by Gasteiger charge is 2.10. The van der Waals surface area contributed by atoms with E-state index in [1.807, 2.05) is 42.5 Å². The Bertz CT molecular complexity index is 595. The van der Waals surface area contributed by atoms with Crippen LogP contribution < -0.4 is 5.43 Å². The summed E-state index contributed by atoms with van der Waals surface area (Å²) in [6.45, 7) is 0. The van der Waals surface area contributed by atoms with Gasteiger partial charge in [-0.15, -0.1) is 0 Å². The maximum absolute atomic E-state index is 12.0. The number of hydrogen-bond acceptors (Lipinski definition) is 3. The van der Waals surface area contributed by atoms with Crippen LogP contribution in [0.1, 0.15) is 10.4 Å². The molecule has 5 heteroatoms. The average Bonchev–Trinajstić information content (AvgIpc) is 2.46. The second-order valence-electron chi connectivity index (χ2n) is 3.72. The number of Topliss-reactive ketones (excluding diaryl/α,β-unsaturated/α-hetero) is 1. The van der Waals surface area contributed by atoms with Crippen LogP contribution in [-0.4, -0.2) is 10.4 Å². The van der Waals surface area contributed by atoms with E-state index in [9.17, 15) is 4.79 Å². The van der Waals surface area contributed by atoms with Gasteiger partial charge in [0.2, 0.25) is 5.78 Å². The zero-order valence-electron chi connectivity index (χ0n) is 9.81. The molecule has 0 spiro atoms. The molecule has 2 aromatic carbocycles. The number of benzene rings is 2. The lowest BCUT2D eigenvalue weighted by Gasteiger charge is -2.02. The predicted molar refractivity (Wildman–Crippen MR) is 84.9 cm³/mol. The Morgan fingerprint density at radius 1 is 1.00 bits per heavy atom. The number of nitrogens with zero attached hydrogens (tertiary/aromatic N) is 1. The van der Waals surface area contributed by atoms with Crippen molar-refractivity contribution >= 4 is 48.0 Å². The molecule has 0 bridgehead atoms. The summed E-state index contributed by atoms with van der Waals surface area (Å²) in [6, 6.07) is 16.5. The first kappa shape index (κ1) is 14.0. The van der Waals surface area contributed by atoms with Crippen molar-refractivity contribution in [3.05, 3.63) is 64.6 Å². The molecule has 0 heterocycles. The fraction of sp³-hybridized carbons (Fsp3) is 0. The van der Waals surface area contributed by atoms with Gasteiger partial charge in [0.15, 0.2) is 4.62 Å². The summed E-state index contributed by atoms with van der Waals surface area (Å²) in [6.07, 6.45) is 0. The number of rotatable bonds is 4. The van der Waals surface area contributed by atoms with E-state index in [0.717, 1.165) is 10.2 Å². The Labute approximate surface area is 128 Å². The summed E-state index contributed by atoms with van der Waals surface area (Å²) in [5.41, 5.74) is 4.22. The number of hydrazone groups is 1. The number of carbonyl (C=O) groups excluding carboxylic acids is 1. The zero-order chi connectivity index (χ0) is 13.7. The Morgan fingerprint density at radius 3 is 2.26 bits per heavy atom. The molecule has 0 saturated carbocycles. The normalized spacial score (nSPS) is 11.2. The van der Waals surface area contributed by atoms with E-state index in [4.69, 9.17) is 0 Å². The fourth-order valence-corrected chi connectivity index (χ4v) is 1.98. The molecule has 96 valence electrons. The van der Waals surface area contributed by atoms with Crippen LogP contribution in [0.3, 0.4) is 0 Å². The van der Waals surface area contributed by atoms with Gasteiger partial charge in [-0.25, -0.2) is 0 Å². The number of ketones is 1. The van der Waals surface area contributed by atoms with Crippen LogP contribution in [0.4, 0.5) is 5.69 Å². The number of hydrogen-bond donors (Lipinski definition) is 1. The molecular weight excluding hydrogens is 372 g/mol. The molecule has 2 aromatic rings. The molecule has 0 aromatic heterocycles. The molecule has 0 radical (unpaired) electrons. The SMILES string of the molecule is O=C(C(Br)=NNc1ccc(Br)cc1)c1ccccc1. The van der Waals surface area contributed by atoms with E-state index >= 15 is 0 Å². The van der Waals surface area contributed by atoms with Gasteiger partial charge in [-0.1, -0.05) is 46.3 Å². The minimum Gasteiger partial charge on any atom is -0.286 e. The maximum Gasteiger partial charge on any atom is 0.220 e. The van der Waals surface area contributed by atoms with Gasteiger partial charge in [-0.05, 0) is 40.2 Å². The number of halogens is 2. The van der Waals surface area contributed by atoms with Crippen molar-refractivity contribution in [1.29, 1.82) is 0 Å². The standard InChI is InChI=1S/C14H10Br2N2O/c15-11-6-8-12(9-7-11)17-18-14(16)13(19)10-4-2-1-3-5-10/h1-9,17H. The summed E-state index contributed by atoms with van der Waals surface area (Å²) >= 11 is 6.53. The molecule has 0 atom stereocenters. The average molecular weight is 382 g/mol. The van der Waals surface area contributed by atoms with E-state index in [-0.39, 0.29) is 10.4 Å². The summed E-state index contributed by atoms with van der Waals surface area (Å²) in [5, 5.41) is 4.02. The van der Waals surface area contributed by atoms with Crippen molar-refractivity contribution < 1.29 is 4.79 Å². The molecule has 0 aliphatic carbocycles. The maximum atomic E-state index is 12.0. The van der Waals surface area contributed by atoms with Gasteiger partial charge >= 0.3 is 0 Å². The molecule has 3 nitrogen and oxygen atoms in total. The monoisotopic (exact) mass is 380 g/mol. The smallest absolute Gasteiger partial charge is 0.220 e. The summed E-state index contributed by atoms with van der Waals surface area (Å²) in [5.74, 6) is -0.162. The molecular formula is C14H10Br2N2O. The van der Waals surface area contributed by atoms with Crippen LogP contribution in [0, 0.1) is 0 Å². The molecule has 2 rings (SSSR count). The summed E-state index contributed by atoms with van der Waals surface area (Å²) < 4.78 is 1.23. The topological polar surface area (TPSA) is 41.5 Å². The van der Waals surface area contributed by atoms with E-state index < -0.39 is 0 Å². The first-order chi connectivity index (χ1) is 9.16. The Morgan fingerprint density at radius 2 is 1.63 bits per heavy atom. The van der Waals surface area contributed by atoms with Gasteiger partial charge in [-0.3, -0.25) is 10.2 Å². The van der Waals surface area contributed by atoms with Gasteiger partial charge in [0.05, 0.1) is 5.69 Å². The van der Waals surface area contributed by atoms with Crippen LogP contribution in [0.5, 0.6) is 0 Å². The van der Waals surface area contributed by atoms with E-state index in [0.29, 0.717) is 5.56 Å². The molecule has 0 fully saturated rings. The summed E-state index contributed by atoms with van der Waals surface area (Å²) in [4.78, 5) is 12.0. The fourth-order valence-electron chi connectivity index (χ4n) is 1.40. The lowest BCUT2D eigenvalue weighted by atomic mass is 10.1. The van der Waals surface area contributed by atoms with E-state index in [2.05, 4.69) is 42.4 Å². The molecule has 1 N–H and O–H groups in total. The van der Waals surface area contributed by atoms with Crippen LogP contribution in [0.15, 0.2) is 64.2 Å². The number of anilines is 1. The van der Waals surface area contributed by atoms with Crippen molar-refractivity contribution in [2.24, 2.45) is 5.10 Å². The number of nitrogens with one attached hydrogen (secondary N) is 1. The van der Waals surface area contributed by atoms with Crippen LogP contribution in [-0.2, 0) is 0 Å². The van der Waals surface area contributed by atoms with E-state index in [1.54, 1.807) is 12.1 Å². The highest BCUT2D eigenvalue weighted by molar-refractivity contribution is 9.19. The molecule has 0 amide bonds. The third-order valence-electron chi connectivity index (χ3n) is 2.35. The minimum atomic E-state index is -0.162. The van der Waals surface area contributed by atoms with Gasteiger partial charge in [-0.2, -0.15) is 5.10 Å². The highest BCUT2D eigenvalue weighted by atomic mass is 79.9. The second-order valence-corrected chi connectivity index (χ2v) is 5.38. The van der Waals surface area contributed by atoms with Crippen molar-refractivity contribution in [3.63, 3.8) is 0 Å². The Balaban J connectivity index is 2.07. The highest BCUT2D eigenvalue weighted by Crippen LogP contribution is 2.14. The van der Waals surface area contributed by atoms with Crippen molar-refractivity contribution in [1.82, 2.24) is 0 Å². The summed E-state index contributed by atoms with van der Waals surface area (Å²) in [7, 11) is 0. The van der Waals surface area contributed by atoms with Crippen LogP contribution in [0.2, 0.25) is 0 Å².